The highest BCUT2D eigenvalue weighted by molar-refractivity contribution is 7.99. The van der Waals surface area contributed by atoms with Crippen molar-refractivity contribution < 1.29 is 38.4 Å². The monoisotopic (exact) mass is 602 g/mol. The first kappa shape index (κ1) is 28.4. The van der Waals surface area contributed by atoms with Crippen molar-refractivity contribution in [3.8, 4) is 0 Å². The van der Waals surface area contributed by atoms with Gasteiger partial charge in [-0.05, 0) is 25.7 Å². The van der Waals surface area contributed by atoms with E-state index in [-0.39, 0.29) is 53.0 Å². The Balaban J connectivity index is 1.27. The van der Waals surface area contributed by atoms with Gasteiger partial charge in [0.1, 0.15) is 36.2 Å². The predicted octanol–water partition coefficient (Wildman–Crippen LogP) is -0.0243. The average Bonchev–Trinajstić information content (AvgIpc) is 3.62. The van der Waals surface area contributed by atoms with Gasteiger partial charge in [-0.15, -0.1) is 23.1 Å². The number of carboxylic acids is 1. The van der Waals surface area contributed by atoms with E-state index in [0.29, 0.717) is 0 Å². The van der Waals surface area contributed by atoms with Crippen molar-refractivity contribution in [1.82, 2.24) is 15.2 Å². The number of hydrogen-bond donors (Lipinski definition) is 4. The summed E-state index contributed by atoms with van der Waals surface area (Å²) < 4.78 is 7.41. The van der Waals surface area contributed by atoms with Crippen molar-refractivity contribution in [2.75, 3.05) is 18.1 Å². The fourth-order valence-electron chi connectivity index (χ4n) is 4.78. The first-order chi connectivity index (χ1) is 19.7. The van der Waals surface area contributed by atoms with Crippen molar-refractivity contribution in [2.24, 2.45) is 10.9 Å². The van der Waals surface area contributed by atoms with Gasteiger partial charge in [0.2, 0.25) is 6.54 Å². The van der Waals surface area contributed by atoms with Crippen LogP contribution in [0.5, 0.6) is 0 Å². The van der Waals surface area contributed by atoms with Crippen LogP contribution in [-0.2, 0) is 35.3 Å². The highest BCUT2D eigenvalue weighted by atomic mass is 32.2. The number of thioether (sulfide) groups is 1. The number of ether oxygens (including phenoxy) is 1. The summed E-state index contributed by atoms with van der Waals surface area (Å²) in [5.74, 6) is -2.77. The number of amides is 3. The lowest BCUT2D eigenvalue weighted by Crippen LogP contribution is -2.73. The Morgan fingerprint density at radius 1 is 1.29 bits per heavy atom. The summed E-state index contributed by atoms with van der Waals surface area (Å²) in [5.41, 5.74) is 10.8. The van der Waals surface area contributed by atoms with E-state index in [4.69, 9.17) is 21.0 Å². The molecule has 2 aliphatic heterocycles. The minimum Gasteiger partial charge on any atom is -0.492 e. The molecule has 1 aliphatic carbocycles. The molecule has 3 aliphatic rings. The number of pyridine rings is 1. The van der Waals surface area contributed by atoms with Crippen LogP contribution in [0.3, 0.4) is 0 Å². The average molecular weight is 603 g/mol. The maximum Gasteiger partial charge on any atom is 0.356 e. The fraction of sp³-hybridized carbons (Fsp3) is 0.400. The molecule has 41 heavy (non-hydrogen) atoms. The minimum atomic E-state index is -1.32. The van der Waals surface area contributed by atoms with Gasteiger partial charge in [0, 0.05) is 22.4 Å². The number of nitrogens with one attached hydrogen (secondary N) is 1. The van der Waals surface area contributed by atoms with Crippen LogP contribution >= 0.6 is 23.1 Å². The van der Waals surface area contributed by atoms with Crippen LogP contribution in [0.15, 0.2) is 51.4 Å². The number of fused-ring (bicyclic) bond motifs is 1. The van der Waals surface area contributed by atoms with Gasteiger partial charge in [0.05, 0.1) is 5.75 Å². The van der Waals surface area contributed by atoms with Crippen molar-refractivity contribution in [3.05, 3.63) is 47.1 Å². The number of oxime groups is 1. The number of carbonyl (C=O) groups is 4. The molecule has 3 amide bonds. The highest BCUT2D eigenvalue weighted by Gasteiger charge is 2.55. The van der Waals surface area contributed by atoms with E-state index >= 15 is 0 Å². The molecule has 0 bridgehead atoms. The number of aromatic nitrogens is 2. The number of β-lactam (4-membered cyclic amide) rings is 1. The van der Waals surface area contributed by atoms with Gasteiger partial charge in [-0.25, -0.2) is 9.78 Å². The molecule has 2 aromatic heterocycles. The van der Waals surface area contributed by atoms with E-state index in [2.05, 4.69) is 15.5 Å². The topological polar surface area (TPSA) is 203 Å². The summed E-state index contributed by atoms with van der Waals surface area (Å²) in [5, 5.41) is 18.4. The van der Waals surface area contributed by atoms with Crippen molar-refractivity contribution in [2.45, 2.75) is 55.3 Å². The van der Waals surface area contributed by atoms with Gasteiger partial charge in [-0.1, -0.05) is 5.16 Å². The van der Waals surface area contributed by atoms with Gasteiger partial charge in [-0.2, -0.15) is 4.57 Å². The lowest BCUT2D eigenvalue weighted by Gasteiger charge is -2.49. The fourth-order valence-corrected chi connectivity index (χ4v) is 6.16. The van der Waals surface area contributed by atoms with E-state index in [1.807, 2.05) is 0 Å². The molecule has 0 spiro atoms. The summed E-state index contributed by atoms with van der Waals surface area (Å²) in [4.78, 5) is 61.3. The zero-order valence-corrected chi connectivity index (χ0v) is 23.4. The van der Waals surface area contributed by atoms with Crippen LogP contribution in [-0.4, -0.2) is 74.9 Å². The second kappa shape index (κ2) is 12.1. The number of carboxylic acid groups (broad SMARTS) is 1. The zero-order chi connectivity index (χ0) is 29.1. The third kappa shape index (κ3) is 6.27. The molecule has 0 aromatic carbocycles. The number of thiazole rings is 1. The van der Waals surface area contributed by atoms with Crippen molar-refractivity contribution in [1.29, 1.82) is 0 Å². The van der Waals surface area contributed by atoms with E-state index in [9.17, 15) is 24.3 Å². The summed E-state index contributed by atoms with van der Waals surface area (Å²) in [6.45, 7) is 0.0305. The molecular formula is C25H28N7O7S2+. The van der Waals surface area contributed by atoms with Gasteiger partial charge in [0.25, 0.3) is 17.7 Å². The SMILES string of the molecule is NC(=O)C[n+]1ccc(SCC2=C(C(=O)O)N3C(=O)[C@@H](NC(=O)/C(=N\OC4CCCC4)c4csc(N)n4)[C@H]3CO2)cc1. The van der Waals surface area contributed by atoms with Gasteiger partial charge >= 0.3 is 5.97 Å². The molecule has 1 saturated heterocycles. The van der Waals surface area contributed by atoms with Gasteiger partial charge in [-0.3, -0.25) is 19.3 Å². The molecule has 2 atom stereocenters. The van der Waals surface area contributed by atoms with Crippen LogP contribution in [0.1, 0.15) is 31.4 Å². The number of hydrogen-bond acceptors (Lipinski definition) is 11. The number of nitrogens with two attached hydrogens (primary N) is 2. The summed E-state index contributed by atoms with van der Waals surface area (Å²) >= 11 is 2.44. The lowest BCUT2D eigenvalue weighted by molar-refractivity contribution is -0.684. The molecule has 0 unspecified atom stereocenters. The first-order valence-corrected chi connectivity index (χ1v) is 14.7. The Bertz CT molecular complexity index is 1420. The molecule has 2 aromatic rings. The number of rotatable bonds is 11. The Labute approximate surface area is 242 Å². The van der Waals surface area contributed by atoms with E-state index in [1.54, 1.807) is 34.5 Å². The molecule has 6 N–H and O–H groups in total. The minimum absolute atomic E-state index is 0.00847. The zero-order valence-electron chi connectivity index (χ0n) is 21.7. The number of nitrogens with zero attached hydrogens (tertiary/aromatic N) is 4. The maximum absolute atomic E-state index is 13.2. The molecule has 0 radical (unpaired) electrons. The normalized spacial score (nSPS) is 20.7. The lowest BCUT2D eigenvalue weighted by atomic mass is 9.92. The Hall–Kier alpha value is -4.18. The van der Waals surface area contributed by atoms with E-state index in [1.165, 1.54) is 11.8 Å². The van der Waals surface area contributed by atoms with E-state index in [0.717, 1.165) is 46.8 Å². The molecule has 2 fully saturated rings. The summed E-state index contributed by atoms with van der Waals surface area (Å²) in [7, 11) is 0. The standard InChI is InChI=1S/C25H27N7O7S2/c26-18(33)9-31-7-5-14(6-8-31)40-12-17-21(24(36)37)32-16(10-38-17)20(23(32)35)29-22(34)19(15-11-41-25(27)28-15)30-39-13-3-1-2-4-13/h5-8,11,13,16,20H,1-4,9-10,12H2,(H5-,26,27,28,29,33,34,36,37)/p+1/b30-19-/t16-,20+/m1/s1. The second-order valence-corrected chi connectivity index (χ2v) is 11.5. The number of primary amides is 1. The number of aliphatic carboxylic acids is 1. The summed E-state index contributed by atoms with van der Waals surface area (Å²) in [6, 6.07) is 1.78. The van der Waals surface area contributed by atoms with Gasteiger partial charge < -0.3 is 31.5 Å². The number of anilines is 1. The molecule has 216 valence electrons. The Kier molecular flexibility index (Phi) is 8.39. The third-order valence-electron chi connectivity index (χ3n) is 6.79. The maximum atomic E-state index is 13.2. The van der Waals surface area contributed by atoms with Crippen LogP contribution in [0.2, 0.25) is 0 Å². The van der Waals surface area contributed by atoms with E-state index < -0.39 is 35.8 Å². The van der Waals surface area contributed by atoms with Gasteiger partial charge in [0.15, 0.2) is 28.9 Å². The first-order valence-electron chi connectivity index (χ1n) is 12.8. The molecule has 16 heteroatoms. The highest BCUT2D eigenvalue weighted by Crippen LogP contribution is 2.35. The molecule has 1 saturated carbocycles. The predicted molar refractivity (Wildman–Crippen MR) is 146 cm³/mol. The summed E-state index contributed by atoms with van der Waals surface area (Å²) in [6.07, 6.45) is 6.95. The quantitative estimate of drug-likeness (QED) is 0.0889. The third-order valence-corrected chi connectivity index (χ3v) is 8.47. The Morgan fingerprint density at radius 3 is 2.66 bits per heavy atom. The molecule has 4 heterocycles. The number of nitrogen functional groups attached to an aromatic ring is 1. The van der Waals surface area contributed by atoms with Crippen molar-refractivity contribution in [3.63, 3.8) is 0 Å². The van der Waals surface area contributed by atoms with Crippen LogP contribution in [0, 0.1) is 0 Å². The van der Waals surface area contributed by atoms with Crippen LogP contribution < -0.4 is 21.4 Å². The van der Waals surface area contributed by atoms with Crippen LogP contribution in [0.4, 0.5) is 5.13 Å². The van der Waals surface area contributed by atoms with Crippen LogP contribution in [0.25, 0.3) is 0 Å². The molecule has 14 nitrogen and oxygen atoms in total. The molecule has 5 rings (SSSR count). The molecular weight excluding hydrogens is 574 g/mol. The van der Waals surface area contributed by atoms with Crippen molar-refractivity contribution >= 4 is 57.6 Å². The largest absolute Gasteiger partial charge is 0.492 e. The smallest absolute Gasteiger partial charge is 0.356 e. The number of carbonyl (C=O) groups excluding carboxylic acids is 3. The second-order valence-electron chi connectivity index (χ2n) is 9.60. The Morgan fingerprint density at radius 2 is 2.02 bits per heavy atom.